The molecule has 5 rings (SSSR count). The van der Waals surface area contributed by atoms with Crippen LogP contribution in [0.5, 0.6) is 0 Å². The number of nitrogens with one attached hydrogen (secondary N) is 1. The number of pyridine rings is 1. The van der Waals surface area contributed by atoms with Crippen molar-refractivity contribution in [2.24, 2.45) is 5.73 Å². The highest BCUT2D eigenvalue weighted by Gasteiger charge is 2.18. The molecule has 28 heavy (non-hydrogen) atoms. The lowest BCUT2D eigenvalue weighted by Crippen LogP contribution is -2.39. The molecular weight excluding hydrogens is 350 g/mol. The molecule has 1 aromatic carbocycles. The monoisotopic (exact) mass is 373 g/mol. The highest BCUT2D eigenvalue weighted by atomic mass is 15.3. The van der Waals surface area contributed by atoms with Gasteiger partial charge in [-0.2, -0.15) is 5.10 Å². The summed E-state index contributed by atoms with van der Waals surface area (Å²) in [6.07, 6.45) is 7.52. The molecule has 0 atom stereocenters. The molecule has 0 saturated carbocycles. The average Bonchev–Trinajstić information content (AvgIpc) is 3.13. The van der Waals surface area contributed by atoms with E-state index in [0.29, 0.717) is 6.04 Å². The Morgan fingerprint density at radius 1 is 1.11 bits per heavy atom. The van der Waals surface area contributed by atoms with Crippen LogP contribution in [0.4, 0.5) is 11.5 Å². The van der Waals surface area contributed by atoms with E-state index in [4.69, 9.17) is 5.73 Å². The summed E-state index contributed by atoms with van der Waals surface area (Å²) >= 11 is 0. The Morgan fingerprint density at radius 3 is 2.86 bits per heavy atom. The van der Waals surface area contributed by atoms with Gasteiger partial charge in [0.2, 0.25) is 0 Å². The SMILES string of the molecule is NC1CCN(Cc2ccn3ncnc(Nc4cnc5ccccc5c4)c23)CC1. The molecule has 4 heterocycles. The quantitative estimate of drug-likeness (QED) is 0.572. The van der Waals surface area contributed by atoms with Gasteiger partial charge in [0, 0.05) is 24.2 Å². The van der Waals surface area contributed by atoms with Gasteiger partial charge in [0.1, 0.15) is 11.8 Å². The summed E-state index contributed by atoms with van der Waals surface area (Å²) in [5.74, 6) is 0.792. The van der Waals surface area contributed by atoms with E-state index in [9.17, 15) is 0 Å². The zero-order chi connectivity index (χ0) is 18.9. The fourth-order valence-corrected chi connectivity index (χ4v) is 3.87. The maximum absolute atomic E-state index is 6.04. The van der Waals surface area contributed by atoms with Crippen molar-refractivity contribution in [2.45, 2.75) is 25.4 Å². The van der Waals surface area contributed by atoms with Crippen molar-refractivity contribution >= 4 is 27.9 Å². The average molecular weight is 373 g/mol. The first kappa shape index (κ1) is 17.1. The zero-order valence-corrected chi connectivity index (χ0v) is 15.6. The predicted molar refractivity (Wildman–Crippen MR) is 110 cm³/mol. The van der Waals surface area contributed by atoms with Crippen LogP contribution in [-0.4, -0.2) is 43.6 Å². The number of rotatable bonds is 4. The molecule has 7 heteroatoms. The van der Waals surface area contributed by atoms with Crippen molar-refractivity contribution in [2.75, 3.05) is 18.4 Å². The molecule has 3 aromatic heterocycles. The van der Waals surface area contributed by atoms with Crippen molar-refractivity contribution in [1.29, 1.82) is 0 Å². The van der Waals surface area contributed by atoms with E-state index in [1.807, 2.05) is 35.1 Å². The number of hydrogen-bond acceptors (Lipinski definition) is 6. The van der Waals surface area contributed by atoms with Gasteiger partial charge in [0.15, 0.2) is 5.82 Å². The van der Waals surface area contributed by atoms with Gasteiger partial charge in [-0.15, -0.1) is 0 Å². The van der Waals surface area contributed by atoms with Crippen LogP contribution in [0.15, 0.2) is 55.1 Å². The largest absolute Gasteiger partial charge is 0.337 e. The normalized spacial score (nSPS) is 16.0. The van der Waals surface area contributed by atoms with Crippen molar-refractivity contribution in [3.8, 4) is 0 Å². The van der Waals surface area contributed by atoms with Crippen molar-refractivity contribution in [3.63, 3.8) is 0 Å². The summed E-state index contributed by atoms with van der Waals surface area (Å²) in [7, 11) is 0. The lowest BCUT2D eigenvalue weighted by Gasteiger charge is -2.29. The van der Waals surface area contributed by atoms with E-state index in [0.717, 1.165) is 60.4 Å². The van der Waals surface area contributed by atoms with Gasteiger partial charge in [-0.1, -0.05) is 18.2 Å². The molecule has 1 saturated heterocycles. The third-order valence-electron chi connectivity index (χ3n) is 5.42. The summed E-state index contributed by atoms with van der Waals surface area (Å²) in [5.41, 5.74) is 10.2. The number of para-hydroxylation sites is 1. The molecule has 7 nitrogen and oxygen atoms in total. The van der Waals surface area contributed by atoms with Gasteiger partial charge in [0.25, 0.3) is 0 Å². The van der Waals surface area contributed by atoms with Crippen molar-refractivity contribution in [3.05, 3.63) is 60.7 Å². The number of nitrogens with zero attached hydrogens (tertiary/aromatic N) is 5. The maximum atomic E-state index is 6.04. The first-order chi connectivity index (χ1) is 13.8. The van der Waals surface area contributed by atoms with Crippen LogP contribution in [0, 0.1) is 0 Å². The fraction of sp³-hybridized carbons (Fsp3) is 0.286. The Balaban J connectivity index is 1.46. The van der Waals surface area contributed by atoms with E-state index in [1.54, 1.807) is 6.33 Å². The molecule has 0 aliphatic carbocycles. The van der Waals surface area contributed by atoms with Gasteiger partial charge >= 0.3 is 0 Å². The van der Waals surface area contributed by atoms with E-state index in [1.165, 1.54) is 5.56 Å². The summed E-state index contributed by atoms with van der Waals surface area (Å²) in [6.45, 7) is 2.94. The zero-order valence-electron chi connectivity index (χ0n) is 15.6. The van der Waals surface area contributed by atoms with E-state index in [2.05, 4.69) is 43.5 Å². The number of benzene rings is 1. The molecule has 1 aliphatic rings. The van der Waals surface area contributed by atoms with Gasteiger partial charge in [-0.05, 0) is 49.7 Å². The molecular formula is C21H23N7. The number of hydrogen-bond donors (Lipinski definition) is 2. The molecule has 4 aromatic rings. The van der Waals surface area contributed by atoms with Gasteiger partial charge in [0.05, 0.1) is 17.4 Å². The third-order valence-corrected chi connectivity index (χ3v) is 5.42. The predicted octanol–water partition coefficient (Wildman–Crippen LogP) is 2.94. The fourth-order valence-electron chi connectivity index (χ4n) is 3.87. The van der Waals surface area contributed by atoms with Gasteiger partial charge < -0.3 is 11.1 Å². The molecule has 1 aliphatic heterocycles. The number of piperidine rings is 1. The van der Waals surface area contributed by atoms with Crippen LogP contribution in [-0.2, 0) is 6.54 Å². The number of aromatic nitrogens is 4. The lowest BCUT2D eigenvalue weighted by atomic mass is 10.1. The number of anilines is 2. The summed E-state index contributed by atoms with van der Waals surface area (Å²) in [6, 6.07) is 12.6. The Hall–Kier alpha value is -3.03. The molecule has 0 amide bonds. The van der Waals surface area contributed by atoms with Gasteiger partial charge in [-0.3, -0.25) is 9.88 Å². The Morgan fingerprint density at radius 2 is 1.96 bits per heavy atom. The first-order valence-corrected chi connectivity index (χ1v) is 9.67. The maximum Gasteiger partial charge on any atom is 0.158 e. The van der Waals surface area contributed by atoms with Gasteiger partial charge in [-0.25, -0.2) is 9.50 Å². The van der Waals surface area contributed by atoms with Crippen molar-refractivity contribution in [1.82, 2.24) is 24.5 Å². The molecule has 0 unspecified atom stereocenters. The molecule has 142 valence electrons. The summed E-state index contributed by atoms with van der Waals surface area (Å²) in [5, 5.41) is 8.90. The Kier molecular flexibility index (Phi) is 4.38. The van der Waals surface area contributed by atoms with Crippen molar-refractivity contribution < 1.29 is 0 Å². The van der Waals surface area contributed by atoms with Crippen LogP contribution < -0.4 is 11.1 Å². The summed E-state index contributed by atoms with van der Waals surface area (Å²) in [4.78, 5) is 11.5. The second kappa shape index (κ2) is 7.18. The number of likely N-dealkylation sites (tertiary alicyclic amines) is 1. The topological polar surface area (TPSA) is 84.4 Å². The summed E-state index contributed by atoms with van der Waals surface area (Å²) < 4.78 is 1.88. The Bertz CT molecular complexity index is 1110. The molecule has 1 fully saturated rings. The second-order valence-corrected chi connectivity index (χ2v) is 7.40. The number of nitrogens with two attached hydrogens (primary N) is 1. The van der Waals surface area contributed by atoms with Crippen LogP contribution >= 0.6 is 0 Å². The van der Waals surface area contributed by atoms with E-state index < -0.39 is 0 Å². The lowest BCUT2D eigenvalue weighted by molar-refractivity contribution is 0.206. The van der Waals surface area contributed by atoms with E-state index in [-0.39, 0.29) is 0 Å². The minimum atomic E-state index is 0.336. The van der Waals surface area contributed by atoms with Crippen LogP contribution in [0.25, 0.3) is 16.4 Å². The smallest absolute Gasteiger partial charge is 0.158 e. The third kappa shape index (κ3) is 3.30. The molecule has 0 radical (unpaired) electrons. The Labute approximate surface area is 163 Å². The highest BCUT2D eigenvalue weighted by Crippen LogP contribution is 2.26. The molecule has 3 N–H and O–H groups in total. The van der Waals surface area contributed by atoms with Crippen LogP contribution in [0.2, 0.25) is 0 Å². The molecule has 0 bridgehead atoms. The van der Waals surface area contributed by atoms with Crippen LogP contribution in [0.3, 0.4) is 0 Å². The highest BCUT2D eigenvalue weighted by molar-refractivity contribution is 5.84. The standard InChI is InChI=1S/C21H23N7/c22-17-6-8-27(9-7-17)13-16-5-10-28-20(16)21(24-14-25-28)26-18-11-15-3-1-2-4-19(15)23-12-18/h1-5,10-12,14,17H,6-9,13,22H2,(H,24,25,26). The second-order valence-electron chi connectivity index (χ2n) is 7.40. The molecule has 0 spiro atoms. The minimum absolute atomic E-state index is 0.336. The minimum Gasteiger partial charge on any atom is -0.337 e. The van der Waals surface area contributed by atoms with E-state index >= 15 is 0 Å². The first-order valence-electron chi connectivity index (χ1n) is 9.67. The van der Waals surface area contributed by atoms with Crippen LogP contribution in [0.1, 0.15) is 18.4 Å². The number of fused-ring (bicyclic) bond motifs is 2.